The maximum atomic E-state index is 12.2. The summed E-state index contributed by atoms with van der Waals surface area (Å²) in [5, 5.41) is 4.89. The van der Waals surface area contributed by atoms with E-state index in [9.17, 15) is 22.8 Å². The minimum atomic E-state index is -3.58. The van der Waals surface area contributed by atoms with Crippen molar-refractivity contribution in [3.8, 4) is 0 Å². The second-order valence-electron chi connectivity index (χ2n) is 5.54. The Morgan fingerprint density at radius 1 is 1.29 bits per heavy atom. The molecule has 0 spiro atoms. The van der Waals surface area contributed by atoms with Crippen molar-refractivity contribution < 1.29 is 22.8 Å². The first-order valence-corrected chi connectivity index (χ1v) is 9.11. The van der Waals surface area contributed by atoms with E-state index in [1.54, 1.807) is 18.2 Å². The van der Waals surface area contributed by atoms with Gasteiger partial charge < -0.3 is 16.4 Å². The van der Waals surface area contributed by atoms with Crippen LogP contribution < -0.4 is 16.4 Å². The normalized spacial score (nSPS) is 18.7. The van der Waals surface area contributed by atoms with Gasteiger partial charge in [0.05, 0.1) is 10.6 Å². The molecule has 1 heterocycles. The number of rotatable bonds is 7. The Hall–Kier alpha value is -2.42. The van der Waals surface area contributed by atoms with Gasteiger partial charge in [-0.15, -0.1) is 0 Å². The van der Waals surface area contributed by atoms with Crippen molar-refractivity contribution in [2.75, 3.05) is 5.75 Å². The Morgan fingerprint density at radius 3 is 2.50 bits per heavy atom. The SMILES string of the molecule is NC(=O)[C@H](CCS(=O)(=O)c1ccccc1)NC(=O)[C@@H]1CCC(=O)N1. The highest BCUT2D eigenvalue weighted by atomic mass is 32.2. The molecule has 1 aliphatic rings. The first-order valence-electron chi connectivity index (χ1n) is 7.46. The molecule has 9 heteroatoms. The van der Waals surface area contributed by atoms with Gasteiger partial charge in [-0.1, -0.05) is 18.2 Å². The molecule has 8 nitrogen and oxygen atoms in total. The first-order chi connectivity index (χ1) is 11.3. The molecule has 1 aromatic rings. The smallest absolute Gasteiger partial charge is 0.243 e. The fraction of sp³-hybridized carbons (Fsp3) is 0.400. The average molecular weight is 353 g/mol. The number of sulfone groups is 1. The third kappa shape index (κ3) is 4.54. The minimum Gasteiger partial charge on any atom is -0.368 e. The molecule has 3 amide bonds. The zero-order valence-corrected chi connectivity index (χ0v) is 13.7. The summed E-state index contributed by atoms with van der Waals surface area (Å²) in [6.07, 6.45) is 0.430. The van der Waals surface area contributed by atoms with Crippen LogP contribution in [0.15, 0.2) is 35.2 Å². The van der Waals surface area contributed by atoms with E-state index in [0.29, 0.717) is 6.42 Å². The Labute approximate surface area is 139 Å². The van der Waals surface area contributed by atoms with Gasteiger partial charge in [0.1, 0.15) is 12.1 Å². The van der Waals surface area contributed by atoms with Gasteiger partial charge in [0, 0.05) is 6.42 Å². The highest BCUT2D eigenvalue weighted by molar-refractivity contribution is 7.91. The second-order valence-corrected chi connectivity index (χ2v) is 7.65. The zero-order chi connectivity index (χ0) is 17.7. The van der Waals surface area contributed by atoms with Gasteiger partial charge in [0.2, 0.25) is 17.7 Å². The third-order valence-electron chi connectivity index (χ3n) is 3.75. The first kappa shape index (κ1) is 17.9. The van der Waals surface area contributed by atoms with Crippen LogP contribution in [-0.2, 0) is 24.2 Å². The highest BCUT2D eigenvalue weighted by Crippen LogP contribution is 2.13. The predicted molar refractivity (Wildman–Crippen MR) is 85.4 cm³/mol. The molecule has 0 saturated carbocycles. The van der Waals surface area contributed by atoms with Crippen LogP contribution in [0.5, 0.6) is 0 Å². The maximum absolute atomic E-state index is 12.2. The largest absolute Gasteiger partial charge is 0.368 e. The number of nitrogens with two attached hydrogens (primary N) is 1. The van der Waals surface area contributed by atoms with Crippen molar-refractivity contribution in [2.45, 2.75) is 36.2 Å². The van der Waals surface area contributed by atoms with Crippen LogP contribution in [0.3, 0.4) is 0 Å². The van der Waals surface area contributed by atoms with E-state index in [0.717, 1.165) is 0 Å². The minimum absolute atomic E-state index is 0.140. The number of amides is 3. The Kier molecular flexibility index (Phi) is 5.55. The molecular weight excluding hydrogens is 334 g/mol. The van der Waals surface area contributed by atoms with Crippen LogP contribution in [-0.4, -0.2) is 44.0 Å². The number of nitrogens with one attached hydrogen (secondary N) is 2. The van der Waals surface area contributed by atoms with Crippen molar-refractivity contribution in [2.24, 2.45) is 5.73 Å². The van der Waals surface area contributed by atoms with E-state index >= 15 is 0 Å². The molecule has 1 aliphatic heterocycles. The predicted octanol–water partition coefficient (Wildman–Crippen LogP) is -0.901. The fourth-order valence-electron chi connectivity index (χ4n) is 2.39. The summed E-state index contributed by atoms with van der Waals surface area (Å²) in [7, 11) is -3.58. The summed E-state index contributed by atoms with van der Waals surface area (Å²) in [5.41, 5.74) is 5.24. The van der Waals surface area contributed by atoms with Crippen LogP contribution in [0, 0.1) is 0 Å². The standard InChI is InChI=1S/C15H19N3O5S/c16-14(20)11(18-15(21)12-6-7-13(19)17-12)8-9-24(22,23)10-4-2-1-3-5-10/h1-5,11-12H,6-9H2,(H2,16,20)(H,17,19)(H,18,21)/t11-,12-/m0/s1. The molecule has 24 heavy (non-hydrogen) atoms. The van der Waals surface area contributed by atoms with Crippen LogP contribution in [0.4, 0.5) is 0 Å². The van der Waals surface area contributed by atoms with Crippen LogP contribution in [0.25, 0.3) is 0 Å². The molecule has 0 aliphatic carbocycles. The molecule has 1 saturated heterocycles. The van der Waals surface area contributed by atoms with E-state index in [1.807, 2.05) is 0 Å². The summed E-state index contributed by atoms with van der Waals surface area (Å²) < 4.78 is 24.4. The van der Waals surface area contributed by atoms with Gasteiger partial charge in [-0.2, -0.15) is 0 Å². The van der Waals surface area contributed by atoms with E-state index in [4.69, 9.17) is 5.73 Å². The van der Waals surface area contributed by atoms with Crippen LogP contribution in [0.2, 0.25) is 0 Å². The molecule has 2 rings (SSSR count). The number of hydrogen-bond acceptors (Lipinski definition) is 5. The summed E-state index contributed by atoms with van der Waals surface area (Å²) in [6.45, 7) is 0. The van der Waals surface area contributed by atoms with Gasteiger partial charge in [-0.05, 0) is 25.0 Å². The lowest BCUT2D eigenvalue weighted by molar-refractivity contribution is -0.129. The van der Waals surface area contributed by atoms with Crippen molar-refractivity contribution in [1.82, 2.24) is 10.6 Å². The van der Waals surface area contributed by atoms with Gasteiger partial charge in [0.15, 0.2) is 9.84 Å². The lowest BCUT2D eigenvalue weighted by Crippen LogP contribution is -2.51. The topological polar surface area (TPSA) is 135 Å². The average Bonchev–Trinajstić information content (AvgIpc) is 2.98. The monoisotopic (exact) mass is 353 g/mol. The number of hydrogen-bond donors (Lipinski definition) is 3. The van der Waals surface area contributed by atoms with E-state index in [-0.39, 0.29) is 29.4 Å². The zero-order valence-electron chi connectivity index (χ0n) is 12.9. The van der Waals surface area contributed by atoms with Crippen LogP contribution >= 0.6 is 0 Å². The highest BCUT2D eigenvalue weighted by Gasteiger charge is 2.30. The Balaban J connectivity index is 1.98. The second kappa shape index (κ2) is 7.43. The number of carbonyl (C=O) groups excluding carboxylic acids is 3. The molecule has 4 N–H and O–H groups in total. The van der Waals surface area contributed by atoms with Crippen molar-refractivity contribution >= 4 is 27.6 Å². The van der Waals surface area contributed by atoms with Gasteiger partial charge in [-0.25, -0.2) is 8.42 Å². The van der Waals surface area contributed by atoms with Crippen molar-refractivity contribution in [1.29, 1.82) is 0 Å². The molecule has 130 valence electrons. The molecule has 0 aromatic heterocycles. The van der Waals surface area contributed by atoms with Gasteiger partial charge in [0.25, 0.3) is 0 Å². The molecule has 0 radical (unpaired) electrons. The third-order valence-corrected chi connectivity index (χ3v) is 5.51. The van der Waals surface area contributed by atoms with E-state index in [1.165, 1.54) is 12.1 Å². The summed E-state index contributed by atoms with van der Waals surface area (Å²) in [4.78, 5) is 34.8. The van der Waals surface area contributed by atoms with E-state index < -0.39 is 33.7 Å². The van der Waals surface area contributed by atoms with Gasteiger partial charge in [-0.3, -0.25) is 14.4 Å². The molecule has 1 aromatic carbocycles. The Bertz CT molecular complexity index is 733. The fourth-order valence-corrected chi connectivity index (χ4v) is 3.74. The summed E-state index contributed by atoms with van der Waals surface area (Å²) in [6, 6.07) is 5.98. The summed E-state index contributed by atoms with van der Waals surface area (Å²) in [5.74, 6) is -1.93. The number of benzene rings is 1. The molecular formula is C15H19N3O5S. The van der Waals surface area contributed by atoms with E-state index in [2.05, 4.69) is 10.6 Å². The molecule has 1 fully saturated rings. The number of carbonyl (C=O) groups is 3. The van der Waals surface area contributed by atoms with Crippen molar-refractivity contribution in [3.63, 3.8) is 0 Å². The van der Waals surface area contributed by atoms with Crippen LogP contribution in [0.1, 0.15) is 19.3 Å². The lowest BCUT2D eigenvalue weighted by Gasteiger charge is -2.18. The Morgan fingerprint density at radius 2 is 1.96 bits per heavy atom. The quantitative estimate of drug-likeness (QED) is 0.584. The molecule has 2 atom stereocenters. The van der Waals surface area contributed by atoms with Gasteiger partial charge >= 0.3 is 0 Å². The maximum Gasteiger partial charge on any atom is 0.243 e. The molecule has 0 bridgehead atoms. The summed E-state index contributed by atoms with van der Waals surface area (Å²) >= 11 is 0. The lowest BCUT2D eigenvalue weighted by atomic mass is 10.1. The number of primary amides is 1. The van der Waals surface area contributed by atoms with Crippen molar-refractivity contribution in [3.05, 3.63) is 30.3 Å². The molecule has 0 unspecified atom stereocenters.